The molecule has 0 aliphatic rings. The molecule has 1 aromatic carbocycles. The van der Waals surface area contributed by atoms with Crippen molar-refractivity contribution in [2.45, 2.75) is 27.3 Å². The minimum atomic E-state index is -0.435. The van der Waals surface area contributed by atoms with E-state index in [9.17, 15) is 9.18 Å². The Morgan fingerprint density at radius 2 is 2.08 bits per heavy atom. The van der Waals surface area contributed by atoms with Crippen LogP contribution in [0.5, 0.6) is 0 Å². The van der Waals surface area contributed by atoms with Gasteiger partial charge in [-0.15, -0.1) is 5.10 Å². The summed E-state index contributed by atoms with van der Waals surface area (Å²) in [7, 11) is 0. The first-order valence-electron chi connectivity index (χ1n) is 8.22. The molecule has 0 aliphatic heterocycles. The maximum Gasteiger partial charge on any atom is 0.275 e. The summed E-state index contributed by atoms with van der Waals surface area (Å²) in [5, 5.41) is 10.7. The van der Waals surface area contributed by atoms with E-state index >= 15 is 0 Å². The summed E-state index contributed by atoms with van der Waals surface area (Å²) in [6.45, 7) is 6.60. The molecule has 0 unspecified atom stereocenters. The van der Waals surface area contributed by atoms with Gasteiger partial charge in [0.15, 0.2) is 0 Å². The predicted octanol–water partition coefficient (Wildman–Crippen LogP) is 3.09. The summed E-state index contributed by atoms with van der Waals surface area (Å²) in [5.74, 6) is -0.455. The molecule has 0 bridgehead atoms. The molecular formula is C18H19FN6O. The molecule has 0 aliphatic carbocycles. The van der Waals surface area contributed by atoms with E-state index < -0.39 is 11.7 Å². The Morgan fingerprint density at radius 1 is 1.27 bits per heavy atom. The number of carbonyl (C=O) groups excluding carboxylic acids is 1. The van der Waals surface area contributed by atoms with Gasteiger partial charge in [0.05, 0.1) is 18.1 Å². The van der Waals surface area contributed by atoms with Gasteiger partial charge in [-0.05, 0) is 31.0 Å². The Balaban J connectivity index is 1.82. The highest BCUT2D eigenvalue weighted by atomic mass is 19.1. The van der Waals surface area contributed by atoms with Gasteiger partial charge >= 0.3 is 0 Å². The molecule has 3 rings (SSSR count). The van der Waals surface area contributed by atoms with Crippen molar-refractivity contribution < 1.29 is 9.18 Å². The van der Waals surface area contributed by atoms with Gasteiger partial charge in [-0.25, -0.2) is 9.37 Å². The average Bonchev–Trinajstić information content (AvgIpc) is 3.04. The first kappa shape index (κ1) is 17.7. The van der Waals surface area contributed by atoms with Crippen molar-refractivity contribution in [3.63, 3.8) is 0 Å². The maximum absolute atomic E-state index is 14.2. The summed E-state index contributed by atoms with van der Waals surface area (Å²) in [5.41, 5.74) is 2.02. The number of hydrogen-bond donors (Lipinski definition) is 1. The zero-order chi connectivity index (χ0) is 18.7. The standard InChI is InChI=1S/C18H19FN6O/c1-11(2)9-25-10-17(23-24-25)14-6-13(4-5-15(14)19)22-18(26)16-8-20-12(3)7-21-16/h4-8,10-11H,9H2,1-3H3,(H,22,26). The third kappa shape index (κ3) is 4.08. The summed E-state index contributed by atoms with van der Waals surface area (Å²) >= 11 is 0. The van der Waals surface area contributed by atoms with Gasteiger partial charge in [0.1, 0.15) is 17.2 Å². The van der Waals surface area contributed by atoms with Crippen LogP contribution in [-0.4, -0.2) is 30.9 Å². The van der Waals surface area contributed by atoms with Gasteiger partial charge < -0.3 is 5.32 Å². The fraction of sp³-hybridized carbons (Fsp3) is 0.278. The van der Waals surface area contributed by atoms with Crippen LogP contribution in [0.1, 0.15) is 30.0 Å². The van der Waals surface area contributed by atoms with Crippen molar-refractivity contribution >= 4 is 11.6 Å². The van der Waals surface area contributed by atoms with Gasteiger partial charge in [-0.1, -0.05) is 19.1 Å². The number of aromatic nitrogens is 5. The largest absolute Gasteiger partial charge is 0.321 e. The Bertz CT molecular complexity index is 920. The molecule has 7 nitrogen and oxygen atoms in total. The minimum absolute atomic E-state index is 0.185. The average molecular weight is 354 g/mol. The van der Waals surface area contributed by atoms with Crippen molar-refractivity contribution in [2.24, 2.45) is 5.92 Å². The van der Waals surface area contributed by atoms with E-state index in [2.05, 4.69) is 39.4 Å². The van der Waals surface area contributed by atoms with Crippen molar-refractivity contribution in [3.8, 4) is 11.3 Å². The van der Waals surface area contributed by atoms with Gasteiger partial charge in [-0.2, -0.15) is 0 Å². The highest BCUT2D eigenvalue weighted by Gasteiger charge is 2.13. The molecular weight excluding hydrogens is 335 g/mol. The molecule has 0 atom stereocenters. The third-order valence-electron chi connectivity index (χ3n) is 3.60. The normalized spacial score (nSPS) is 11.0. The number of amides is 1. The third-order valence-corrected chi connectivity index (χ3v) is 3.60. The number of rotatable bonds is 5. The van der Waals surface area contributed by atoms with Crippen molar-refractivity contribution in [2.75, 3.05) is 5.32 Å². The first-order chi connectivity index (χ1) is 12.4. The second kappa shape index (κ2) is 7.38. The van der Waals surface area contributed by atoms with Crippen LogP contribution in [0.4, 0.5) is 10.1 Å². The fourth-order valence-electron chi connectivity index (χ4n) is 2.39. The number of benzene rings is 1. The summed E-state index contributed by atoms with van der Waals surface area (Å²) in [6.07, 6.45) is 4.60. The second-order valence-electron chi connectivity index (χ2n) is 6.41. The zero-order valence-electron chi connectivity index (χ0n) is 14.8. The van der Waals surface area contributed by atoms with Crippen LogP contribution in [0.2, 0.25) is 0 Å². The topological polar surface area (TPSA) is 85.6 Å². The molecule has 2 aromatic heterocycles. The maximum atomic E-state index is 14.2. The summed E-state index contributed by atoms with van der Waals surface area (Å²) < 4.78 is 15.9. The van der Waals surface area contributed by atoms with E-state index in [0.717, 1.165) is 5.69 Å². The van der Waals surface area contributed by atoms with E-state index in [-0.39, 0.29) is 11.3 Å². The Labute approximate surface area is 150 Å². The molecule has 0 fully saturated rings. The SMILES string of the molecule is Cc1cnc(C(=O)Nc2ccc(F)c(-c3cn(CC(C)C)nn3)c2)cn1. The molecule has 0 saturated carbocycles. The van der Waals surface area contributed by atoms with E-state index in [1.165, 1.54) is 30.6 Å². The van der Waals surface area contributed by atoms with Crippen molar-refractivity contribution in [1.82, 2.24) is 25.0 Å². The Hall–Kier alpha value is -3.16. The highest BCUT2D eigenvalue weighted by molar-refractivity contribution is 6.02. The monoisotopic (exact) mass is 354 g/mol. The highest BCUT2D eigenvalue weighted by Crippen LogP contribution is 2.24. The minimum Gasteiger partial charge on any atom is -0.321 e. The molecule has 0 saturated heterocycles. The van der Waals surface area contributed by atoms with Crippen molar-refractivity contribution in [3.05, 3.63) is 54.0 Å². The quantitative estimate of drug-likeness (QED) is 0.761. The lowest BCUT2D eigenvalue weighted by molar-refractivity contribution is 0.102. The Kier molecular flexibility index (Phi) is 5.01. The molecule has 3 aromatic rings. The number of aryl methyl sites for hydroxylation is 1. The van der Waals surface area contributed by atoms with Gasteiger partial charge in [0.25, 0.3) is 5.91 Å². The zero-order valence-corrected chi connectivity index (χ0v) is 14.8. The van der Waals surface area contributed by atoms with E-state index in [1.807, 2.05) is 0 Å². The van der Waals surface area contributed by atoms with E-state index in [0.29, 0.717) is 23.8 Å². The lowest BCUT2D eigenvalue weighted by Gasteiger charge is -2.07. The van der Waals surface area contributed by atoms with Gasteiger partial charge in [0.2, 0.25) is 0 Å². The molecule has 0 spiro atoms. The molecule has 1 N–H and O–H groups in total. The molecule has 2 heterocycles. The molecule has 26 heavy (non-hydrogen) atoms. The van der Waals surface area contributed by atoms with Crippen LogP contribution in [0.25, 0.3) is 11.3 Å². The van der Waals surface area contributed by atoms with E-state index in [4.69, 9.17) is 0 Å². The van der Waals surface area contributed by atoms with Crippen LogP contribution in [0.15, 0.2) is 36.8 Å². The molecule has 8 heteroatoms. The van der Waals surface area contributed by atoms with Gasteiger partial charge in [0, 0.05) is 24.0 Å². The molecule has 1 amide bonds. The molecule has 0 radical (unpaired) electrons. The summed E-state index contributed by atoms with van der Waals surface area (Å²) in [4.78, 5) is 20.3. The van der Waals surface area contributed by atoms with Crippen LogP contribution < -0.4 is 5.32 Å². The second-order valence-corrected chi connectivity index (χ2v) is 6.41. The lowest BCUT2D eigenvalue weighted by atomic mass is 10.1. The van der Waals surface area contributed by atoms with E-state index in [1.54, 1.807) is 17.8 Å². The molecule has 134 valence electrons. The van der Waals surface area contributed by atoms with Crippen LogP contribution in [0.3, 0.4) is 0 Å². The number of hydrogen-bond acceptors (Lipinski definition) is 5. The first-order valence-corrected chi connectivity index (χ1v) is 8.22. The van der Waals surface area contributed by atoms with Gasteiger partial charge in [-0.3, -0.25) is 14.5 Å². The van der Waals surface area contributed by atoms with Crippen LogP contribution in [0, 0.1) is 18.7 Å². The number of halogens is 1. The number of nitrogens with one attached hydrogen (secondary N) is 1. The predicted molar refractivity (Wildman–Crippen MR) is 95.0 cm³/mol. The van der Waals surface area contributed by atoms with Crippen molar-refractivity contribution in [1.29, 1.82) is 0 Å². The van der Waals surface area contributed by atoms with Crippen LogP contribution >= 0.6 is 0 Å². The summed E-state index contributed by atoms with van der Waals surface area (Å²) in [6, 6.07) is 4.29. The lowest BCUT2D eigenvalue weighted by Crippen LogP contribution is -2.14. The fourth-order valence-corrected chi connectivity index (χ4v) is 2.39. The smallest absolute Gasteiger partial charge is 0.275 e. The number of anilines is 1. The Morgan fingerprint density at radius 3 is 2.77 bits per heavy atom. The number of carbonyl (C=O) groups is 1. The number of nitrogens with zero attached hydrogens (tertiary/aromatic N) is 5. The van der Waals surface area contributed by atoms with Crippen LogP contribution in [-0.2, 0) is 6.54 Å².